The topological polar surface area (TPSA) is 101 Å². The van der Waals surface area contributed by atoms with E-state index >= 15 is 0 Å². The first-order valence-electron chi connectivity index (χ1n) is 9.37. The molecule has 29 heavy (non-hydrogen) atoms. The van der Waals surface area contributed by atoms with E-state index in [1.165, 1.54) is 15.5 Å². The lowest BCUT2D eigenvalue weighted by molar-refractivity contribution is -0.114. The number of nitrogens with zero attached hydrogens (tertiary/aromatic N) is 2. The van der Waals surface area contributed by atoms with Crippen LogP contribution in [-0.2, 0) is 11.3 Å². The summed E-state index contributed by atoms with van der Waals surface area (Å²) in [5.74, 6) is -0.470. The summed E-state index contributed by atoms with van der Waals surface area (Å²) in [6.07, 6.45) is 5.01. The highest BCUT2D eigenvalue weighted by molar-refractivity contribution is 6.35. The summed E-state index contributed by atoms with van der Waals surface area (Å²) < 4.78 is 1.29. The van der Waals surface area contributed by atoms with Crippen LogP contribution in [0, 0.1) is 0 Å². The molecule has 0 aliphatic heterocycles. The standard InChI is InChI=1S/C20H24Cl2N4O3/c1-3-5-11-26-18(23)17(19(28)24-20(26)29)25(10-4-2)16(27)9-7-13-6-8-14(21)12-15(13)22/h6-9,12H,3-5,10-11,23H2,1-2H3,(H,24,28,29)/b9-7+. The molecule has 9 heteroatoms. The van der Waals surface area contributed by atoms with Crippen molar-refractivity contribution in [2.45, 2.75) is 39.7 Å². The summed E-state index contributed by atoms with van der Waals surface area (Å²) in [4.78, 5) is 41.0. The fourth-order valence-electron chi connectivity index (χ4n) is 2.82. The van der Waals surface area contributed by atoms with Crippen molar-refractivity contribution in [1.82, 2.24) is 9.55 Å². The van der Waals surface area contributed by atoms with E-state index in [2.05, 4.69) is 4.98 Å². The molecular formula is C20H24Cl2N4O3. The van der Waals surface area contributed by atoms with Gasteiger partial charge in [0.25, 0.3) is 11.5 Å². The van der Waals surface area contributed by atoms with Gasteiger partial charge in [0, 0.05) is 29.2 Å². The Kier molecular flexibility index (Phi) is 8.10. The van der Waals surface area contributed by atoms with Crippen molar-refractivity contribution in [2.24, 2.45) is 0 Å². The SMILES string of the molecule is CCCCn1c(N)c(N(CCC)C(=O)/C=C/c2ccc(Cl)cc2Cl)c(=O)[nH]c1=O. The van der Waals surface area contributed by atoms with E-state index < -0.39 is 17.2 Å². The minimum absolute atomic E-state index is 0.0214. The fraction of sp³-hybridized carbons (Fsp3) is 0.350. The normalized spacial score (nSPS) is 11.2. The molecule has 1 aromatic carbocycles. The predicted molar refractivity (Wildman–Crippen MR) is 119 cm³/mol. The largest absolute Gasteiger partial charge is 0.383 e. The number of nitrogen functional groups attached to an aromatic ring is 1. The number of carbonyl (C=O) groups excluding carboxylic acids is 1. The van der Waals surface area contributed by atoms with Crippen LogP contribution in [0.3, 0.4) is 0 Å². The lowest BCUT2D eigenvalue weighted by Crippen LogP contribution is -2.41. The molecule has 2 aromatic rings. The van der Waals surface area contributed by atoms with Gasteiger partial charge < -0.3 is 10.6 Å². The molecule has 0 saturated carbocycles. The molecule has 0 saturated heterocycles. The van der Waals surface area contributed by atoms with Crippen LogP contribution in [-0.4, -0.2) is 22.0 Å². The summed E-state index contributed by atoms with van der Waals surface area (Å²) in [5, 5.41) is 0.883. The Bertz CT molecular complexity index is 1030. The molecule has 0 radical (unpaired) electrons. The quantitative estimate of drug-likeness (QED) is 0.613. The van der Waals surface area contributed by atoms with E-state index in [1.807, 2.05) is 13.8 Å². The number of carbonyl (C=O) groups is 1. The van der Waals surface area contributed by atoms with Gasteiger partial charge in [-0.1, -0.05) is 49.5 Å². The van der Waals surface area contributed by atoms with Crippen molar-refractivity contribution < 1.29 is 4.79 Å². The van der Waals surface area contributed by atoms with Crippen LogP contribution < -0.4 is 21.9 Å². The van der Waals surface area contributed by atoms with Crippen molar-refractivity contribution in [3.05, 3.63) is 60.7 Å². The third-order valence-electron chi connectivity index (χ3n) is 4.30. The maximum absolute atomic E-state index is 12.9. The lowest BCUT2D eigenvalue weighted by Gasteiger charge is -2.23. The molecule has 1 aromatic heterocycles. The third-order valence-corrected chi connectivity index (χ3v) is 4.86. The minimum Gasteiger partial charge on any atom is -0.383 e. The number of nitrogens with two attached hydrogens (primary N) is 1. The number of benzene rings is 1. The van der Waals surface area contributed by atoms with Crippen molar-refractivity contribution >= 4 is 46.7 Å². The molecule has 156 valence electrons. The maximum atomic E-state index is 12.9. The highest BCUT2D eigenvalue weighted by Gasteiger charge is 2.22. The Morgan fingerprint density at radius 2 is 1.97 bits per heavy atom. The average molecular weight is 439 g/mol. The number of H-pyrrole nitrogens is 1. The molecule has 1 heterocycles. The number of amides is 1. The van der Waals surface area contributed by atoms with Gasteiger partial charge >= 0.3 is 5.69 Å². The van der Waals surface area contributed by atoms with Gasteiger partial charge in [0.15, 0.2) is 5.69 Å². The summed E-state index contributed by atoms with van der Waals surface area (Å²) >= 11 is 12.0. The zero-order valence-corrected chi connectivity index (χ0v) is 17.9. The molecule has 0 spiro atoms. The van der Waals surface area contributed by atoms with Gasteiger partial charge in [-0.05, 0) is 36.6 Å². The van der Waals surface area contributed by atoms with Crippen molar-refractivity contribution in [2.75, 3.05) is 17.2 Å². The summed E-state index contributed by atoms with van der Waals surface area (Å²) in [7, 11) is 0. The first-order chi connectivity index (χ1) is 13.8. The summed E-state index contributed by atoms with van der Waals surface area (Å²) in [6, 6.07) is 4.92. The molecule has 0 fully saturated rings. The monoisotopic (exact) mass is 438 g/mol. The number of anilines is 2. The third kappa shape index (κ3) is 5.52. The molecule has 0 bridgehead atoms. The van der Waals surface area contributed by atoms with Gasteiger partial charge in [-0.3, -0.25) is 19.1 Å². The summed E-state index contributed by atoms with van der Waals surface area (Å²) in [5.41, 5.74) is 5.43. The van der Waals surface area contributed by atoms with Gasteiger partial charge in [-0.25, -0.2) is 4.79 Å². The van der Waals surface area contributed by atoms with Crippen LogP contribution in [0.1, 0.15) is 38.7 Å². The second-order valence-electron chi connectivity index (χ2n) is 6.49. The number of rotatable bonds is 8. The molecular weight excluding hydrogens is 415 g/mol. The van der Waals surface area contributed by atoms with Crippen molar-refractivity contribution in [3.8, 4) is 0 Å². The Morgan fingerprint density at radius 3 is 2.59 bits per heavy atom. The van der Waals surface area contributed by atoms with Gasteiger partial charge in [0.05, 0.1) is 0 Å². The summed E-state index contributed by atoms with van der Waals surface area (Å²) in [6.45, 7) is 4.47. The second-order valence-corrected chi connectivity index (χ2v) is 7.33. The van der Waals surface area contributed by atoms with Crippen LogP contribution in [0.5, 0.6) is 0 Å². The van der Waals surface area contributed by atoms with Crippen LogP contribution in [0.25, 0.3) is 6.08 Å². The second kappa shape index (κ2) is 10.3. The Hall–Kier alpha value is -2.51. The smallest absolute Gasteiger partial charge is 0.330 e. The molecule has 0 unspecified atom stereocenters. The van der Waals surface area contributed by atoms with Crippen LogP contribution in [0.4, 0.5) is 11.5 Å². The number of halogens is 2. The Labute approximate surface area is 178 Å². The van der Waals surface area contributed by atoms with E-state index in [9.17, 15) is 14.4 Å². The highest BCUT2D eigenvalue weighted by atomic mass is 35.5. The Balaban J connectivity index is 2.45. The zero-order valence-electron chi connectivity index (χ0n) is 16.4. The van der Waals surface area contributed by atoms with Gasteiger partial charge in [-0.15, -0.1) is 0 Å². The first kappa shape index (κ1) is 22.8. The zero-order chi connectivity index (χ0) is 21.6. The van der Waals surface area contributed by atoms with E-state index in [0.717, 1.165) is 6.42 Å². The number of hydrogen-bond acceptors (Lipinski definition) is 4. The van der Waals surface area contributed by atoms with Crippen LogP contribution in [0.15, 0.2) is 33.9 Å². The number of nitrogens with one attached hydrogen (secondary N) is 1. The molecule has 0 aliphatic carbocycles. The van der Waals surface area contributed by atoms with E-state index in [0.29, 0.717) is 35.0 Å². The molecule has 3 N–H and O–H groups in total. The molecule has 0 atom stereocenters. The fourth-order valence-corrected chi connectivity index (χ4v) is 3.29. The van der Waals surface area contributed by atoms with Crippen molar-refractivity contribution in [3.63, 3.8) is 0 Å². The van der Waals surface area contributed by atoms with Crippen LogP contribution in [0.2, 0.25) is 10.0 Å². The van der Waals surface area contributed by atoms with Gasteiger partial charge in [-0.2, -0.15) is 0 Å². The number of aromatic amines is 1. The average Bonchev–Trinajstić information content (AvgIpc) is 2.66. The molecule has 1 amide bonds. The highest BCUT2D eigenvalue weighted by Crippen LogP contribution is 2.23. The number of hydrogen-bond donors (Lipinski definition) is 2. The van der Waals surface area contributed by atoms with Gasteiger partial charge in [0.2, 0.25) is 0 Å². The lowest BCUT2D eigenvalue weighted by atomic mass is 10.2. The molecule has 7 nitrogen and oxygen atoms in total. The number of aromatic nitrogens is 2. The molecule has 2 rings (SSSR count). The first-order valence-corrected chi connectivity index (χ1v) is 10.1. The maximum Gasteiger partial charge on any atom is 0.330 e. The minimum atomic E-state index is -0.694. The van der Waals surface area contributed by atoms with Gasteiger partial charge in [0.1, 0.15) is 5.82 Å². The van der Waals surface area contributed by atoms with E-state index in [-0.39, 0.29) is 18.1 Å². The predicted octanol–water partition coefficient (Wildman–Crippen LogP) is 3.68. The van der Waals surface area contributed by atoms with E-state index in [4.69, 9.17) is 28.9 Å². The van der Waals surface area contributed by atoms with Crippen molar-refractivity contribution in [1.29, 1.82) is 0 Å². The van der Waals surface area contributed by atoms with E-state index in [1.54, 1.807) is 24.3 Å². The molecule has 0 aliphatic rings. The van der Waals surface area contributed by atoms with Crippen LogP contribution >= 0.6 is 23.2 Å². The Morgan fingerprint density at radius 1 is 1.24 bits per heavy atom. The number of unbranched alkanes of at least 4 members (excludes halogenated alkanes) is 1.